The molecular weight excluding hydrogens is 320 g/mol. The van der Waals surface area contributed by atoms with Crippen LogP contribution in [-0.4, -0.2) is 54.2 Å². The lowest BCUT2D eigenvalue weighted by Crippen LogP contribution is -2.40. The maximum atomic E-state index is 10.5. The van der Waals surface area contributed by atoms with E-state index >= 15 is 0 Å². The van der Waals surface area contributed by atoms with E-state index in [9.17, 15) is 5.11 Å². The summed E-state index contributed by atoms with van der Waals surface area (Å²) in [5.41, 5.74) is 0.853. The van der Waals surface area contributed by atoms with Crippen molar-refractivity contribution in [3.05, 3.63) is 34.9 Å². The van der Waals surface area contributed by atoms with Crippen molar-refractivity contribution >= 4 is 11.6 Å². The SMILES string of the molecule is OC(CN1CCC(CN2CCCCCC2)CC1)c1ccccc1Cl. The van der Waals surface area contributed by atoms with E-state index in [1.165, 1.54) is 58.2 Å². The summed E-state index contributed by atoms with van der Waals surface area (Å²) in [6.45, 7) is 6.76. The lowest BCUT2D eigenvalue weighted by molar-refractivity contribution is 0.0812. The van der Waals surface area contributed by atoms with Crippen LogP contribution in [0.4, 0.5) is 0 Å². The Labute approximate surface area is 151 Å². The summed E-state index contributed by atoms with van der Waals surface area (Å²) in [6, 6.07) is 7.64. The number of aliphatic hydroxyl groups excluding tert-OH is 1. The zero-order valence-corrected chi connectivity index (χ0v) is 15.4. The van der Waals surface area contributed by atoms with Crippen LogP contribution in [0.5, 0.6) is 0 Å². The number of aliphatic hydroxyl groups is 1. The van der Waals surface area contributed by atoms with Crippen LogP contribution < -0.4 is 0 Å². The number of halogens is 1. The summed E-state index contributed by atoms with van der Waals surface area (Å²) in [5.74, 6) is 0.830. The fourth-order valence-corrected chi connectivity index (χ4v) is 4.39. The van der Waals surface area contributed by atoms with Crippen LogP contribution in [0.1, 0.15) is 50.2 Å². The first-order chi connectivity index (χ1) is 11.7. The molecule has 24 heavy (non-hydrogen) atoms. The lowest BCUT2D eigenvalue weighted by atomic mass is 9.95. The first kappa shape index (κ1) is 18.2. The maximum Gasteiger partial charge on any atom is 0.0931 e. The molecule has 0 amide bonds. The highest BCUT2D eigenvalue weighted by molar-refractivity contribution is 6.31. The Hall–Kier alpha value is -0.610. The Bertz CT molecular complexity index is 494. The third kappa shape index (κ3) is 5.19. The van der Waals surface area contributed by atoms with Crippen molar-refractivity contribution < 1.29 is 5.11 Å². The van der Waals surface area contributed by atoms with Crippen molar-refractivity contribution in [2.75, 3.05) is 39.3 Å². The van der Waals surface area contributed by atoms with Crippen molar-refractivity contribution in [3.63, 3.8) is 0 Å². The average molecular weight is 351 g/mol. The van der Waals surface area contributed by atoms with Gasteiger partial charge in [0.15, 0.2) is 0 Å². The smallest absolute Gasteiger partial charge is 0.0931 e. The van der Waals surface area contributed by atoms with Crippen LogP contribution in [0, 0.1) is 5.92 Å². The second-order valence-corrected chi connectivity index (χ2v) is 7.90. The van der Waals surface area contributed by atoms with E-state index in [2.05, 4.69) is 9.80 Å². The fraction of sp³-hybridized carbons (Fsp3) is 0.700. The molecule has 2 aliphatic rings. The van der Waals surface area contributed by atoms with Gasteiger partial charge in [0.25, 0.3) is 0 Å². The number of rotatable bonds is 5. The molecule has 1 aromatic rings. The molecule has 0 spiro atoms. The third-order valence-electron chi connectivity index (χ3n) is 5.62. The normalized spacial score (nSPS) is 23.1. The Morgan fingerprint density at radius 1 is 0.958 bits per heavy atom. The van der Waals surface area contributed by atoms with Gasteiger partial charge in [0.2, 0.25) is 0 Å². The standard InChI is InChI=1S/C20H31ClN2O/c21-19-8-4-3-7-18(19)20(24)16-23-13-9-17(10-14-23)15-22-11-5-1-2-6-12-22/h3-4,7-8,17,20,24H,1-2,5-6,9-16H2. The third-order valence-corrected chi connectivity index (χ3v) is 5.96. The highest BCUT2D eigenvalue weighted by Gasteiger charge is 2.24. The van der Waals surface area contributed by atoms with Gasteiger partial charge < -0.3 is 14.9 Å². The number of hydrogen-bond acceptors (Lipinski definition) is 3. The van der Waals surface area contributed by atoms with Gasteiger partial charge in [0.1, 0.15) is 0 Å². The minimum Gasteiger partial charge on any atom is -0.387 e. The van der Waals surface area contributed by atoms with Gasteiger partial charge in [0.05, 0.1) is 6.10 Å². The predicted octanol–water partition coefficient (Wildman–Crippen LogP) is 3.96. The van der Waals surface area contributed by atoms with E-state index in [0.29, 0.717) is 11.6 Å². The van der Waals surface area contributed by atoms with Gasteiger partial charge in [-0.05, 0) is 63.8 Å². The number of hydrogen-bond donors (Lipinski definition) is 1. The molecule has 3 rings (SSSR count). The molecule has 1 aromatic carbocycles. The molecule has 1 N–H and O–H groups in total. The first-order valence-electron chi connectivity index (χ1n) is 9.59. The van der Waals surface area contributed by atoms with Crippen molar-refractivity contribution in [1.29, 1.82) is 0 Å². The molecule has 2 saturated heterocycles. The molecule has 3 nitrogen and oxygen atoms in total. The molecule has 0 aromatic heterocycles. The molecule has 1 unspecified atom stereocenters. The Kier molecular flexibility index (Phi) is 6.96. The highest BCUT2D eigenvalue weighted by Crippen LogP contribution is 2.26. The largest absolute Gasteiger partial charge is 0.387 e. The van der Waals surface area contributed by atoms with Gasteiger partial charge in [-0.1, -0.05) is 42.6 Å². The molecule has 0 radical (unpaired) electrons. The van der Waals surface area contributed by atoms with E-state index in [1.807, 2.05) is 24.3 Å². The predicted molar refractivity (Wildman–Crippen MR) is 100 cm³/mol. The van der Waals surface area contributed by atoms with E-state index in [-0.39, 0.29) is 0 Å². The monoisotopic (exact) mass is 350 g/mol. The van der Waals surface area contributed by atoms with Gasteiger partial charge in [-0.15, -0.1) is 0 Å². The Morgan fingerprint density at radius 3 is 2.29 bits per heavy atom. The lowest BCUT2D eigenvalue weighted by Gasteiger charge is -2.35. The minimum atomic E-state index is -0.485. The number of likely N-dealkylation sites (tertiary alicyclic amines) is 2. The van der Waals surface area contributed by atoms with E-state index < -0.39 is 6.10 Å². The van der Waals surface area contributed by atoms with Crippen LogP contribution >= 0.6 is 11.6 Å². The molecule has 2 fully saturated rings. The van der Waals surface area contributed by atoms with Crippen molar-refractivity contribution in [2.24, 2.45) is 5.92 Å². The summed E-state index contributed by atoms with van der Waals surface area (Å²) in [6.07, 6.45) is 7.60. The molecule has 2 heterocycles. The average Bonchev–Trinajstić information content (AvgIpc) is 2.86. The maximum absolute atomic E-state index is 10.5. The number of β-amino-alcohol motifs (C(OH)–C–C–N with tert-alkyl or cyclic N) is 1. The quantitative estimate of drug-likeness (QED) is 0.870. The molecule has 4 heteroatoms. The molecule has 0 saturated carbocycles. The van der Waals surface area contributed by atoms with Gasteiger partial charge in [0, 0.05) is 23.7 Å². The number of nitrogens with zero attached hydrogens (tertiary/aromatic N) is 2. The molecule has 2 aliphatic heterocycles. The van der Waals surface area contributed by atoms with E-state index in [4.69, 9.17) is 11.6 Å². The molecule has 134 valence electrons. The van der Waals surface area contributed by atoms with E-state index in [0.717, 1.165) is 24.6 Å². The minimum absolute atomic E-state index is 0.485. The fourth-order valence-electron chi connectivity index (χ4n) is 4.12. The van der Waals surface area contributed by atoms with Gasteiger partial charge in [-0.25, -0.2) is 0 Å². The van der Waals surface area contributed by atoms with Crippen LogP contribution in [-0.2, 0) is 0 Å². The van der Waals surface area contributed by atoms with Crippen LogP contribution in [0.25, 0.3) is 0 Å². The zero-order valence-electron chi connectivity index (χ0n) is 14.7. The van der Waals surface area contributed by atoms with Gasteiger partial charge in [-0.2, -0.15) is 0 Å². The van der Waals surface area contributed by atoms with Crippen molar-refractivity contribution in [2.45, 2.75) is 44.6 Å². The summed E-state index contributed by atoms with van der Waals surface area (Å²) >= 11 is 6.20. The van der Waals surface area contributed by atoms with Crippen molar-refractivity contribution in [1.82, 2.24) is 9.80 Å². The molecule has 0 aliphatic carbocycles. The first-order valence-corrected chi connectivity index (χ1v) is 9.97. The van der Waals surface area contributed by atoms with Crippen LogP contribution in [0.3, 0.4) is 0 Å². The second-order valence-electron chi connectivity index (χ2n) is 7.50. The highest BCUT2D eigenvalue weighted by atomic mass is 35.5. The van der Waals surface area contributed by atoms with Crippen LogP contribution in [0.2, 0.25) is 5.02 Å². The van der Waals surface area contributed by atoms with Crippen molar-refractivity contribution in [3.8, 4) is 0 Å². The molecule has 1 atom stereocenters. The Morgan fingerprint density at radius 2 is 1.62 bits per heavy atom. The number of piperidine rings is 1. The Balaban J connectivity index is 1.42. The summed E-state index contributed by atoms with van der Waals surface area (Å²) in [7, 11) is 0. The second kappa shape index (κ2) is 9.19. The van der Waals surface area contributed by atoms with Gasteiger partial charge in [-0.3, -0.25) is 0 Å². The molecular formula is C20H31ClN2O. The topological polar surface area (TPSA) is 26.7 Å². The summed E-state index contributed by atoms with van der Waals surface area (Å²) < 4.78 is 0. The summed E-state index contributed by atoms with van der Waals surface area (Å²) in [5, 5.41) is 11.1. The molecule has 0 bridgehead atoms. The zero-order chi connectivity index (χ0) is 16.8. The number of benzene rings is 1. The summed E-state index contributed by atoms with van der Waals surface area (Å²) in [4.78, 5) is 5.08. The van der Waals surface area contributed by atoms with E-state index in [1.54, 1.807) is 0 Å². The van der Waals surface area contributed by atoms with Gasteiger partial charge >= 0.3 is 0 Å². The van der Waals surface area contributed by atoms with Crippen LogP contribution in [0.15, 0.2) is 24.3 Å².